The Bertz CT molecular complexity index is 593. The van der Waals surface area contributed by atoms with Crippen LogP contribution < -0.4 is 5.32 Å². The quantitative estimate of drug-likeness (QED) is 0.934. The number of fused-ring (bicyclic) bond motifs is 1. The number of para-hydroxylation sites is 1. The van der Waals surface area contributed by atoms with Gasteiger partial charge in [-0.25, -0.2) is 4.98 Å². The summed E-state index contributed by atoms with van der Waals surface area (Å²) in [6, 6.07) is 5.87. The van der Waals surface area contributed by atoms with Crippen LogP contribution >= 0.6 is 11.3 Å². The van der Waals surface area contributed by atoms with E-state index in [0.717, 1.165) is 20.9 Å². The van der Waals surface area contributed by atoms with Gasteiger partial charge in [0, 0.05) is 13.6 Å². The number of thiazole rings is 1. The molecule has 0 radical (unpaired) electrons. The Morgan fingerprint density at radius 1 is 1.53 bits per heavy atom. The molecule has 0 aliphatic rings. The average Bonchev–Trinajstić information content (AvgIpc) is 2.80. The monoisotopic (exact) mass is 277 g/mol. The second kappa shape index (κ2) is 5.57. The number of likely N-dealkylation sites (N-methyl/N-ethyl adjacent to an activating group) is 1. The van der Waals surface area contributed by atoms with Crippen molar-refractivity contribution in [2.45, 2.75) is 26.8 Å². The Morgan fingerprint density at radius 3 is 2.89 bits per heavy atom. The molecule has 1 unspecified atom stereocenters. The molecule has 0 fully saturated rings. The molecule has 1 amide bonds. The lowest BCUT2D eigenvalue weighted by molar-refractivity contribution is -0.130. The zero-order chi connectivity index (χ0) is 14.0. The molecule has 1 aromatic carbocycles. The first-order valence-corrected chi connectivity index (χ1v) is 7.22. The number of nitrogens with zero attached hydrogens (tertiary/aromatic N) is 2. The summed E-state index contributed by atoms with van der Waals surface area (Å²) in [6.45, 7) is 6.59. The summed E-state index contributed by atoms with van der Waals surface area (Å²) in [5, 5.41) is 3.99. The SMILES string of the molecule is CCN(C)C(=O)C(C)Nc1nc2c(C)cccc2s1. The molecule has 4 nitrogen and oxygen atoms in total. The van der Waals surface area contributed by atoms with Crippen LogP contribution in [0, 0.1) is 6.92 Å². The number of hydrogen-bond donors (Lipinski definition) is 1. The number of rotatable bonds is 4. The van der Waals surface area contributed by atoms with Crippen LogP contribution in [0.15, 0.2) is 18.2 Å². The highest BCUT2D eigenvalue weighted by Gasteiger charge is 2.17. The van der Waals surface area contributed by atoms with Crippen LogP contribution in [-0.2, 0) is 4.79 Å². The Balaban J connectivity index is 2.17. The Morgan fingerprint density at radius 2 is 2.26 bits per heavy atom. The minimum absolute atomic E-state index is 0.0819. The summed E-state index contributed by atoms with van der Waals surface area (Å²) in [4.78, 5) is 18.3. The van der Waals surface area contributed by atoms with Gasteiger partial charge in [-0.1, -0.05) is 23.5 Å². The van der Waals surface area contributed by atoms with Gasteiger partial charge in [0.05, 0.1) is 10.2 Å². The standard InChI is InChI=1S/C14H19N3OS/c1-5-17(4)13(18)10(3)15-14-16-12-9(2)7-6-8-11(12)19-14/h6-8,10H,5H2,1-4H3,(H,15,16). The summed E-state index contributed by atoms with van der Waals surface area (Å²) in [5.41, 5.74) is 2.17. The van der Waals surface area contributed by atoms with Gasteiger partial charge in [0.1, 0.15) is 6.04 Å². The lowest BCUT2D eigenvalue weighted by Gasteiger charge is -2.20. The fourth-order valence-corrected chi connectivity index (χ4v) is 2.91. The van der Waals surface area contributed by atoms with Crippen molar-refractivity contribution in [3.05, 3.63) is 23.8 Å². The van der Waals surface area contributed by atoms with Crippen molar-refractivity contribution >= 4 is 32.6 Å². The van der Waals surface area contributed by atoms with Gasteiger partial charge in [-0.05, 0) is 32.4 Å². The summed E-state index contributed by atoms with van der Waals surface area (Å²) < 4.78 is 1.14. The maximum Gasteiger partial charge on any atom is 0.244 e. The Hall–Kier alpha value is -1.62. The van der Waals surface area contributed by atoms with E-state index < -0.39 is 0 Å². The molecule has 2 rings (SSSR count). The molecule has 102 valence electrons. The van der Waals surface area contributed by atoms with Gasteiger partial charge in [0.2, 0.25) is 5.91 Å². The van der Waals surface area contributed by atoms with E-state index in [1.54, 1.807) is 16.2 Å². The number of aromatic nitrogens is 1. The normalized spacial score (nSPS) is 12.4. The van der Waals surface area contributed by atoms with Crippen LogP contribution in [0.2, 0.25) is 0 Å². The topological polar surface area (TPSA) is 45.2 Å². The summed E-state index contributed by atoms with van der Waals surface area (Å²) in [5.74, 6) is 0.0819. The molecule has 1 atom stereocenters. The minimum atomic E-state index is -0.259. The van der Waals surface area contributed by atoms with Crippen molar-refractivity contribution in [1.29, 1.82) is 0 Å². The third kappa shape index (κ3) is 2.87. The molecule has 0 saturated heterocycles. The molecule has 0 spiro atoms. The number of hydrogen-bond acceptors (Lipinski definition) is 4. The van der Waals surface area contributed by atoms with Crippen molar-refractivity contribution in [2.75, 3.05) is 18.9 Å². The van der Waals surface area contributed by atoms with E-state index in [-0.39, 0.29) is 11.9 Å². The number of nitrogens with one attached hydrogen (secondary N) is 1. The van der Waals surface area contributed by atoms with E-state index >= 15 is 0 Å². The molecule has 5 heteroatoms. The van der Waals surface area contributed by atoms with E-state index in [9.17, 15) is 4.79 Å². The molecule has 1 N–H and O–H groups in total. The van der Waals surface area contributed by atoms with Crippen LogP contribution in [0.4, 0.5) is 5.13 Å². The fraction of sp³-hybridized carbons (Fsp3) is 0.429. The first-order chi connectivity index (χ1) is 9.02. The average molecular weight is 277 g/mol. The molecule has 1 aromatic heterocycles. The molecule has 0 aliphatic heterocycles. The van der Waals surface area contributed by atoms with E-state index in [2.05, 4.69) is 16.4 Å². The van der Waals surface area contributed by atoms with Crippen LogP contribution in [0.5, 0.6) is 0 Å². The van der Waals surface area contributed by atoms with Crippen molar-refractivity contribution < 1.29 is 4.79 Å². The third-order valence-corrected chi connectivity index (χ3v) is 4.13. The predicted molar refractivity (Wildman–Crippen MR) is 80.8 cm³/mol. The van der Waals surface area contributed by atoms with Crippen molar-refractivity contribution in [2.24, 2.45) is 0 Å². The minimum Gasteiger partial charge on any atom is -0.350 e. The van der Waals surface area contributed by atoms with Crippen LogP contribution in [0.3, 0.4) is 0 Å². The number of carbonyl (C=O) groups is 1. The first kappa shape index (κ1) is 13.8. The molecule has 1 heterocycles. The molecule has 0 aliphatic carbocycles. The smallest absolute Gasteiger partial charge is 0.244 e. The summed E-state index contributed by atoms with van der Waals surface area (Å²) in [7, 11) is 1.81. The number of amides is 1. The largest absolute Gasteiger partial charge is 0.350 e. The van der Waals surface area contributed by atoms with E-state index in [1.807, 2.05) is 40.0 Å². The van der Waals surface area contributed by atoms with Crippen LogP contribution in [0.25, 0.3) is 10.2 Å². The Kier molecular flexibility index (Phi) is 4.04. The fourth-order valence-electron chi connectivity index (χ4n) is 1.88. The van der Waals surface area contributed by atoms with Gasteiger partial charge in [0.15, 0.2) is 5.13 Å². The van der Waals surface area contributed by atoms with Gasteiger partial charge in [-0.15, -0.1) is 0 Å². The highest BCUT2D eigenvalue weighted by Crippen LogP contribution is 2.28. The second-order valence-electron chi connectivity index (χ2n) is 4.66. The van der Waals surface area contributed by atoms with Crippen molar-refractivity contribution in [3.63, 3.8) is 0 Å². The van der Waals surface area contributed by atoms with Crippen LogP contribution in [-0.4, -0.2) is 35.4 Å². The molecular formula is C14H19N3OS. The lowest BCUT2D eigenvalue weighted by Crippen LogP contribution is -2.38. The number of anilines is 1. The number of carbonyl (C=O) groups excluding carboxylic acids is 1. The zero-order valence-corrected chi connectivity index (χ0v) is 12.5. The van der Waals surface area contributed by atoms with Gasteiger partial charge in [-0.2, -0.15) is 0 Å². The molecule has 19 heavy (non-hydrogen) atoms. The van der Waals surface area contributed by atoms with Crippen molar-refractivity contribution in [1.82, 2.24) is 9.88 Å². The third-order valence-electron chi connectivity index (χ3n) is 3.18. The van der Waals surface area contributed by atoms with E-state index in [0.29, 0.717) is 6.54 Å². The van der Waals surface area contributed by atoms with Gasteiger partial charge < -0.3 is 10.2 Å². The zero-order valence-electron chi connectivity index (χ0n) is 11.7. The maximum atomic E-state index is 12.0. The highest BCUT2D eigenvalue weighted by atomic mass is 32.1. The number of aryl methyl sites for hydroxylation is 1. The highest BCUT2D eigenvalue weighted by molar-refractivity contribution is 7.22. The van der Waals surface area contributed by atoms with Gasteiger partial charge in [-0.3, -0.25) is 4.79 Å². The maximum absolute atomic E-state index is 12.0. The van der Waals surface area contributed by atoms with Gasteiger partial charge >= 0.3 is 0 Å². The molecule has 2 aromatic rings. The first-order valence-electron chi connectivity index (χ1n) is 6.40. The summed E-state index contributed by atoms with van der Waals surface area (Å²) >= 11 is 1.58. The second-order valence-corrected chi connectivity index (χ2v) is 5.69. The Labute approximate surface area is 117 Å². The van der Waals surface area contributed by atoms with E-state index in [1.165, 1.54) is 0 Å². The van der Waals surface area contributed by atoms with E-state index in [4.69, 9.17) is 0 Å². The lowest BCUT2D eigenvalue weighted by atomic mass is 10.2. The molecule has 0 saturated carbocycles. The van der Waals surface area contributed by atoms with Gasteiger partial charge in [0.25, 0.3) is 0 Å². The predicted octanol–water partition coefficient (Wildman–Crippen LogP) is 2.88. The molecule has 0 bridgehead atoms. The molecular weight excluding hydrogens is 258 g/mol. The van der Waals surface area contributed by atoms with Crippen LogP contribution in [0.1, 0.15) is 19.4 Å². The number of benzene rings is 1. The van der Waals surface area contributed by atoms with Crippen molar-refractivity contribution in [3.8, 4) is 0 Å². The summed E-state index contributed by atoms with van der Waals surface area (Å²) in [6.07, 6.45) is 0.